The van der Waals surface area contributed by atoms with Crippen LogP contribution >= 0.6 is 15.9 Å². The molecule has 100 valence electrons. The molecule has 2 aromatic carbocycles. The van der Waals surface area contributed by atoms with Crippen LogP contribution in [0.4, 0.5) is 10.1 Å². The molecule has 0 aliphatic carbocycles. The molecular weight excluding hydrogens is 307 g/mol. The van der Waals surface area contributed by atoms with Crippen molar-refractivity contribution in [3.8, 4) is 0 Å². The summed E-state index contributed by atoms with van der Waals surface area (Å²) in [5, 5.41) is 0. The van der Waals surface area contributed by atoms with Crippen LogP contribution in [-0.2, 0) is 13.1 Å². The van der Waals surface area contributed by atoms with Crippen LogP contribution in [0.25, 0.3) is 0 Å². The van der Waals surface area contributed by atoms with Crippen molar-refractivity contribution in [2.75, 3.05) is 11.9 Å². The number of benzene rings is 2. The largest absolute Gasteiger partial charge is 0.370 e. The third-order valence-corrected chi connectivity index (χ3v) is 3.39. The number of nitrogens with zero attached hydrogens (tertiary/aromatic N) is 1. The van der Waals surface area contributed by atoms with Crippen LogP contribution in [0.1, 0.15) is 11.1 Å². The third kappa shape index (κ3) is 3.78. The summed E-state index contributed by atoms with van der Waals surface area (Å²) in [5.74, 6) is -0.206. The van der Waals surface area contributed by atoms with Crippen molar-refractivity contribution >= 4 is 21.6 Å². The Kier molecular flexibility index (Phi) is 4.56. The van der Waals surface area contributed by atoms with Crippen molar-refractivity contribution in [2.24, 2.45) is 5.73 Å². The number of rotatable bonds is 4. The fraction of sp³-hybridized carbons (Fsp3) is 0.200. The molecule has 0 radical (unpaired) electrons. The third-order valence-electron chi connectivity index (χ3n) is 2.93. The van der Waals surface area contributed by atoms with Crippen LogP contribution in [0.2, 0.25) is 0 Å². The minimum Gasteiger partial charge on any atom is -0.370 e. The maximum atomic E-state index is 13.2. The molecule has 2 nitrogen and oxygen atoms in total. The van der Waals surface area contributed by atoms with Gasteiger partial charge in [-0.05, 0) is 41.5 Å². The quantitative estimate of drug-likeness (QED) is 0.930. The van der Waals surface area contributed by atoms with Crippen molar-refractivity contribution < 1.29 is 4.39 Å². The molecule has 0 aliphatic rings. The fourth-order valence-corrected chi connectivity index (χ4v) is 2.50. The van der Waals surface area contributed by atoms with E-state index in [-0.39, 0.29) is 5.82 Å². The zero-order valence-electron chi connectivity index (χ0n) is 10.7. The van der Waals surface area contributed by atoms with Crippen molar-refractivity contribution in [1.29, 1.82) is 0 Å². The van der Waals surface area contributed by atoms with Crippen LogP contribution in [-0.4, -0.2) is 7.05 Å². The summed E-state index contributed by atoms with van der Waals surface area (Å²) < 4.78 is 14.2. The molecule has 19 heavy (non-hydrogen) atoms. The Morgan fingerprint density at radius 1 is 1.16 bits per heavy atom. The van der Waals surface area contributed by atoms with Crippen LogP contribution < -0.4 is 10.6 Å². The highest BCUT2D eigenvalue weighted by Gasteiger charge is 2.05. The first-order valence-corrected chi connectivity index (χ1v) is 6.83. The molecule has 0 saturated heterocycles. The molecule has 2 rings (SSSR count). The summed E-state index contributed by atoms with van der Waals surface area (Å²) in [6.45, 7) is 1.15. The van der Waals surface area contributed by atoms with Gasteiger partial charge >= 0.3 is 0 Å². The van der Waals surface area contributed by atoms with E-state index in [1.807, 2.05) is 31.3 Å². The van der Waals surface area contributed by atoms with Gasteiger partial charge in [0.2, 0.25) is 0 Å². The van der Waals surface area contributed by atoms with E-state index >= 15 is 0 Å². The smallest absolute Gasteiger partial charge is 0.123 e. The summed E-state index contributed by atoms with van der Waals surface area (Å²) >= 11 is 3.48. The predicted octanol–water partition coefficient (Wildman–Crippen LogP) is 3.68. The summed E-state index contributed by atoms with van der Waals surface area (Å²) in [4.78, 5) is 2.07. The van der Waals surface area contributed by atoms with Gasteiger partial charge in [0.05, 0.1) is 0 Å². The monoisotopic (exact) mass is 322 g/mol. The van der Waals surface area contributed by atoms with Gasteiger partial charge in [0.1, 0.15) is 5.82 Å². The van der Waals surface area contributed by atoms with Crippen molar-refractivity contribution in [3.05, 3.63) is 63.9 Å². The first kappa shape index (κ1) is 14.0. The van der Waals surface area contributed by atoms with Gasteiger partial charge in [-0.3, -0.25) is 0 Å². The van der Waals surface area contributed by atoms with Gasteiger partial charge in [-0.1, -0.05) is 28.1 Å². The molecule has 0 atom stereocenters. The standard InChI is InChI=1S/C15H16BrFN2/c1-19(10-11-3-2-4-14(17)6-11)15-7-12(9-18)5-13(16)8-15/h2-8H,9-10,18H2,1H3. The summed E-state index contributed by atoms with van der Waals surface area (Å²) in [6, 6.07) is 12.7. The maximum Gasteiger partial charge on any atom is 0.123 e. The zero-order valence-corrected chi connectivity index (χ0v) is 12.3. The van der Waals surface area contributed by atoms with E-state index in [1.165, 1.54) is 6.07 Å². The van der Waals surface area contributed by atoms with Crippen LogP contribution in [0.15, 0.2) is 46.9 Å². The molecule has 4 heteroatoms. The lowest BCUT2D eigenvalue weighted by Gasteiger charge is -2.20. The highest BCUT2D eigenvalue weighted by atomic mass is 79.9. The maximum absolute atomic E-state index is 13.2. The average molecular weight is 323 g/mol. The lowest BCUT2D eigenvalue weighted by Crippen LogP contribution is -2.17. The zero-order chi connectivity index (χ0) is 13.8. The summed E-state index contributed by atoms with van der Waals surface area (Å²) in [7, 11) is 1.98. The average Bonchev–Trinajstić information content (AvgIpc) is 2.38. The highest BCUT2D eigenvalue weighted by molar-refractivity contribution is 9.10. The van der Waals surface area contributed by atoms with E-state index in [1.54, 1.807) is 12.1 Å². The molecule has 0 aromatic heterocycles. The Bertz CT molecular complexity index is 572. The second-order valence-corrected chi connectivity index (χ2v) is 5.42. The van der Waals surface area contributed by atoms with Crippen molar-refractivity contribution in [2.45, 2.75) is 13.1 Å². The highest BCUT2D eigenvalue weighted by Crippen LogP contribution is 2.23. The van der Waals surface area contributed by atoms with Crippen LogP contribution in [0.3, 0.4) is 0 Å². The lowest BCUT2D eigenvalue weighted by atomic mass is 10.1. The molecule has 0 heterocycles. The summed E-state index contributed by atoms with van der Waals surface area (Å²) in [5.41, 5.74) is 8.73. The van der Waals surface area contributed by atoms with Crippen LogP contribution in [0, 0.1) is 5.82 Å². The van der Waals surface area contributed by atoms with E-state index < -0.39 is 0 Å². The number of anilines is 1. The SMILES string of the molecule is CN(Cc1cccc(F)c1)c1cc(Br)cc(CN)c1. The van der Waals surface area contributed by atoms with Gasteiger partial charge in [0.25, 0.3) is 0 Å². The Morgan fingerprint density at radius 2 is 1.95 bits per heavy atom. The van der Waals surface area contributed by atoms with E-state index in [0.29, 0.717) is 13.1 Å². The molecule has 0 unspecified atom stereocenters. The molecule has 2 N–H and O–H groups in total. The van der Waals surface area contributed by atoms with E-state index in [2.05, 4.69) is 20.8 Å². The van der Waals surface area contributed by atoms with Crippen LogP contribution in [0.5, 0.6) is 0 Å². The first-order chi connectivity index (χ1) is 9.08. The summed E-state index contributed by atoms with van der Waals surface area (Å²) in [6.07, 6.45) is 0. The molecule has 0 spiro atoms. The Morgan fingerprint density at radius 3 is 2.63 bits per heavy atom. The molecule has 0 amide bonds. The topological polar surface area (TPSA) is 29.3 Å². The van der Waals surface area contributed by atoms with E-state index in [0.717, 1.165) is 21.3 Å². The Hall–Kier alpha value is -1.39. The predicted molar refractivity (Wildman–Crippen MR) is 80.5 cm³/mol. The van der Waals surface area contributed by atoms with Gasteiger partial charge in [-0.2, -0.15) is 0 Å². The normalized spacial score (nSPS) is 10.5. The molecule has 0 bridgehead atoms. The fourth-order valence-electron chi connectivity index (χ4n) is 1.97. The number of hydrogen-bond donors (Lipinski definition) is 1. The molecular formula is C15H16BrFN2. The number of nitrogens with two attached hydrogens (primary N) is 1. The second kappa shape index (κ2) is 6.17. The van der Waals surface area contributed by atoms with Gasteiger partial charge in [0.15, 0.2) is 0 Å². The van der Waals surface area contributed by atoms with E-state index in [4.69, 9.17) is 5.73 Å². The molecule has 0 saturated carbocycles. The van der Waals surface area contributed by atoms with Crippen molar-refractivity contribution in [3.63, 3.8) is 0 Å². The molecule has 0 fully saturated rings. The van der Waals surface area contributed by atoms with Gasteiger partial charge in [0, 0.05) is 30.3 Å². The number of hydrogen-bond acceptors (Lipinski definition) is 2. The lowest BCUT2D eigenvalue weighted by molar-refractivity contribution is 0.625. The molecule has 2 aromatic rings. The first-order valence-electron chi connectivity index (χ1n) is 6.03. The van der Waals surface area contributed by atoms with E-state index in [9.17, 15) is 4.39 Å². The Labute approximate surface area is 121 Å². The number of halogens is 2. The van der Waals surface area contributed by atoms with Crippen molar-refractivity contribution in [1.82, 2.24) is 0 Å². The minimum absolute atomic E-state index is 0.206. The minimum atomic E-state index is -0.206. The van der Waals surface area contributed by atoms with Gasteiger partial charge < -0.3 is 10.6 Å². The Balaban J connectivity index is 2.20. The van der Waals surface area contributed by atoms with Gasteiger partial charge in [-0.15, -0.1) is 0 Å². The van der Waals surface area contributed by atoms with Gasteiger partial charge in [-0.25, -0.2) is 4.39 Å². The second-order valence-electron chi connectivity index (χ2n) is 4.51. The molecule has 0 aliphatic heterocycles.